The largest absolute Gasteiger partial charge is 0.496 e. The van der Waals surface area contributed by atoms with Crippen molar-refractivity contribution >= 4 is 11.6 Å². The molecule has 68 valence electrons. The molecular weight excluding hydrogens is 186 g/mol. The van der Waals surface area contributed by atoms with Crippen molar-refractivity contribution in [1.29, 1.82) is 5.26 Å². The SMILES string of the molecule is COc1ccc(Cl)cc1CCC#N. The monoisotopic (exact) mass is 195 g/mol. The molecule has 0 saturated carbocycles. The summed E-state index contributed by atoms with van der Waals surface area (Å²) >= 11 is 5.81. The molecule has 0 amide bonds. The Labute approximate surface area is 82.7 Å². The minimum Gasteiger partial charge on any atom is -0.496 e. The molecule has 1 aromatic rings. The first-order valence-electron chi connectivity index (χ1n) is 3.97. The van der Waals surface area contributed by atoms with Crippen LogP contribution in [0.15, 0.2) is 18.2 Å². The van der Waals surface area contributed by atoms with E-state index in [9.17, 15) is 0 Å². The highest BCUT2D eigenvalue weighted by molar-refractivity contribution is 6.30. The summed E-state index contributed by atoms with van der Waals surface area (Å²) in [5.74, 6) is 0.791. The molecule has 1 rings (SSSR count). The molecule has 13 heavy (non-hydrogen) atoms. The van der Waals surface area contributed by atoms with Gasteiger partial charge in [0.15, 0.2) is 0 Å². The number of halogens is 1. The first-order chi connectivity index (χ1) is 6.27. The predicted molar refractivity (Wildman–Crippen MR) is 51.9 cm³/mol. The fourth-order valence-electron chi connectivity index (χ4n) is 1.13. The number of hydrogen-bond donors (Lipinski definition) is 0. The zero-order chi connectivity index (χ0) is 9.68. The Morgan fingerprint density at radius 1 is 1.54 bits per heavy atom. The van der Waals surface area contributed by atoms with Crippen molar-refractivity contribution in [2.24, 2.45) is 0 Å². The molecule has 0 N–H and O–H groups in total. The van der Waals surface area contributed by atoms with Gasteiger partial charge in [-0.25, -0.2) is 0 Å². The van der Waals surface area contributed by atoms with E-state index in [2.05, 4.69) is 6.07 Å². The van der Waals surface area contributed by atoms with Gasteiger partial charge in [-0.1, -0.05) is 11.6 Å². The minimum absolute atomic E-state index is 0.483. The average molecular weight is 196 g/mol. The highest BCUT2D eigenvalue weighted by atomic mass is 35.5. The number of ether oxygens (including phenoxy) is 1. The standard InChI is InChI=1S/C10H10ClNO/c1-13-10-5-4-9(11)7-8(10)3-2-6-12/h4-5,7H,2-3H2,1H3. The van der Waals surface area contributed by atoms with Crippen LogP contribution in [0.25, 0.3) is 0 Å². The second-order valence-electron chi connectivity index (χ2n) is 2.61. The van der Waals surface area contributed by atoms with Crippen molar-refractivity contribution in [2.45, 2.75) is 12.8 Å². The van der Waals surface area contributed by atoms with E-state index >= 15 is 0 Å². The molecule has 0 saturated heterocycles. The Morgan fingerprint density at radius 3 is 2.92 bits per heavy atom. The lowest BCUT2D eigenvalue weighted by Crippen LogP contribution is -1.91. The molecule has 0 unspecified atom stereocenters. The third kappa shape index (κ3) is 2.64. The van der Waals surface area contributed by atoms with E-state index in [1.165, 1.54) is 0 Å². The van der Waals surface area contributed by atoms with Crippen molar-refractivity contribution < 1.29 is 4.74 Å². The highest BCUT2D eigenvalue weighted by Crippen LogP contribution is 2.23. The Bertz CT molecular complexity index is 330. The molecule has 1 aromatic carbocycles. The van der Waals surface area contributed by atoms with Gasteiger partial charge < -0.3 is 4.74 Å². The molecule has 0 aliphatic rings. The first-order valence-corrected chi connectivity index (χ1v) is 4.35. The summed E-state index contributed by atoms with van der Waals surface area (Å²) in [6, 6.07) is 7.51. The summed E-state index contributed by atoms with van der Waals surface area (Å²) in [6.07, 6.45) is 1.16. The van der Waals surface area contributed by atoms with E-state index in [0.29, 0.717) is 17.9 Å². The zero-order valence-electron chi connectivity index (χ0n) is 7.38. The maximum absolute atomic E-state index is 8.44. The number of nitriles is 1. The summed E-state index contributed by atoms with van der Waals surface area (Å²) in [4.78, 5) is 0. The molecule has 0 aromatic heterocycles. The van der Waals surface area contributed by atoms with Gasteiger partial charge in [0.1, 0.15) is 5.75 Å². The molecule has 3 heteroatoms. The Morgan fingerprint density at radius 2 is 2.31 bits per heavy atom. The van der Waals surface area contributed by atoms with Crippen molar-refractivity contribution in [2.75, 3.05) is 7.11 Å². The predicted octanol–water partition coefficient (Wildman–Crippen LogP) is 2.80. The third-order valence-corrected chi connectivity index (χ3v) is 1.98. The van der Waals surface area contributed by atoms with Crippen LogP contribution in [0.1, 0.15) is 12.0 Å². The van der Waals surface area contributed by atoms with Crippen LogP contribution in [-0.4, -0.2) is 7.11 Å². The molecular formula is C10H10ClNO. The van der Waals surface area contributed by atoms with Crippen molar-refractivity contribution in [3.8, 4) is 11.8 Å². The maximum Gasteiger partial charge on any atom is 0.122 e. The van der Waals surface area contributed by atoms with E-state index < -0.39 is 0 Å². The smallest absolute Gasteiger partial charge is 0.122 e. The van der Waals surface area contributed by atoms with Crippen LogP contribution < -0.4 is 4.74 Å². The van der Waals surface area contributed by atoms with Crippen LogP contribution in [0.3, 0.4) is 0 Å². The number of nitrogens with zero attached hydrogens (tertiary/aromatic N) is 1. The van der Waals surface area contributed by atoms with Crippen molar-refractivity contribution in [1.82, 2.24) is 0 Å². The third-order valence-electron chi connectivity index (χ3n) is 1.75. The maximum atomic E-state index is 8.44. The van der Waals surface area contributed by atoms with Crippen LogP contribution in [0.5, 0.6) is 5.75 Å². The molecule has 0 radical (unpaired) electrons. The summed E-state index contributed by atoms with van der Waals surface area (Å²) in [6.45, 7) is 0. The Kier molecular flexibility index (Phi) is 3.60. The normalized spacial score (nSPS) is 9.31. The summed E-state index contributed by atoms with van der Waals surface area (Å²) in [5.41, 5.74) is 0.983. The summed E-state index contributed by atoms with van der Waals surface area (Å²) in [5, 5.41) is 9.11. The second kappa shape index (κ2) is 4.74. The molecule has 0 aliphatic heterocycles. The molecule has 0 spiro atoms. The van der Waals surface area contributed by atoms with Gasteiger partial charge in [-0.05, 0) is 30.2 Å². The second-order valence-corrected chi connectivity index (χ2v) is 3.05. The molecule has 0 fully saturated rings. The van der Waals surface area contributed by atoms with Crippen LogP contribution in [-0.2, 0) is 6.42 Å². The number of rotatable bonds is 3. The Hall–Kier alpha value is -1.20. The van der Waals surface area contributed by atoms with E-state index in [4.69, 9.17) is 21.6 Å². The average Bonchev–Trinajstić information content (AvgIpc) is 2.15. The van der Waals surface area contributed by atoms with Crippen LogP contribution >= 0.6 is 11.6 Å². The van der Waals surface area contributed by atoms with Gasteiger partial charge in [0.2, 0.25) is 0 Å². The summed E-state index contributed by atoms with van der Waals surface area (Å²) < 4.78 is 5.13. The molecule has 0 heterocycles. The van der Waals surface area contributed by atoms with Crippen LogP contribution in [0.2, 0.25) is 5.02 Å². The van der Waals surface area contributed by atoms with Gasteiger partial charge in [0.25, 0.3) is 0 Å². The number of hydrogen-bond acceptors (Lipinski definition) is 2. The quantitative estimate of drug-likeness (QED) is 0.743. The van der Waals surface area contributed by atoms with E-state index in [-0.39, 0.29) is 0 Å². The van der Waals surface area contributed by atoms with Gasteiger partial charge in [-0.2, -0.15) is 5.26 Å². The lowest BCUT2D eigenvalue weighted by molar-refractivity contribution is 0.410. The van der Waals surface area contributed by atoms with E-state index in [1.54, 1.807) is 13.2 Å². The van der Waals surface area contributed by atoms with Gasteiger partial charge in [-0.3, -0.25) is 0 Å². The lowest BCUT2D eigenvalue weighted by atomic mass is 10.1. The minimum atomic E-state index is 0.483. The van der Waals surface area contributed by atoms with Crippen molar-refractivity contribution in [3.05, 3.63) is 28.8 Å². The van der Waals surface area contributed by atoms with Gasteiger partial charge >= 0.3 is 0 Å². The molecule has 0 atom stereocenters. The fourth-order valence-corrected chi connectivity index (χ4v) is 1.33. The van der Waals surface area contributed by atoms with Gasteiger partial charge in [-0.15, -0.1) is 0 Å². The van der Waals surface area contributed by atoms with Crippen molar-refractivity contribution in [3.63, 3.8) is 0 Å². The van der Waals surface area contributed by atoms with Crippen LogP contribution in [0, 0.1) is 11.3 Å². The van der Waals surface area contributed by atoms with E-state index in [1.807, 2.05) is 12.1 Å². The molecule has 0 aliphatic carbocycles. The number of methoxy groups -OCH3 is 1. The fraction of sp³-hybridized carbons (Fsp3) is 0.300. The molecule has 0 bridgehead atoms. The lowest BCUT2D eigenvalue weighted by Gasteiger charge is -2.06. The number of benzene rings is 1. The number of aryl methyl sites for hydroxylation is 1. The van der Waals surface area contributed by atoms with E-state index in [0.717, 1.165) is 11.3 Å². The first kappa shape index (κ1) is 9.88. The molecule has 2 nitrogen and oxygen atoms in total. The zero-order valence-corrected chi connectivity index (χ0v) is 8.14. The van der Waals surface area contributed by atoms with Gasteiger partial charge in [0, 0.05) is 11.4 Å². The highest BCUT2D eigenvalue weighted by Gasteiger charge is 2.02. The van der Waals surface area contributed by atoms with Gasteiger partial charge in [0.05, 0.1) is 13.2 Å². The Balaban J connectivity index is 2.89. The summed E-state index contributed by atoms with van der Waals surface area (Å²) in [7, 11) is 1.61. The van der Waals surface area contributed by atoms with Crippen LogP contribution in [0.4, 0.5) is 0 Å². The topological polar surface area (TPSA) is 33.0 Å².